The van der Waals surface area contributed by atoms with Crippen LogP contribution in [0.25, 0.3) is 0 Å². The van der Waals surface area contributed by atoms with E-state index in [1.54, 1.807) is 0 Å². The first kappa shape index (κ1) is 11.8. The molecule has 0 saturated heterocycles. The van der Waals surface area contributed by atoms with Gasteiger partial charge in [0.25, 0.3) is 5.19 Å². The van der Waals surface area contributed by atoms with Crippen LogP contribution in [0.5, 0.6) is 10.9 Å². The lowest BCUT2D eigenvalue weighted by atomic mass is 10.3. The smallest absolute Gasteiger partial charge is 0.280 e. The van der Waals surface area contributed by atoms with E-state index in [2.05, 4.69) is 20.9 Å². The van der Waals surface area contributed by atoms with Gasteiger partial charge in [-0.25, -0.2) is 4.39 Å². The molecule has 0 aliphatic carbocycles. The molecule has 0 fully saturated rings. The predicted molar refractivity (Wildman–Crippen MR) is 61.3 cm³/mol. The molecule has 0 N–H and O–H groups in total. The van der Waals surface area contributed by atoms with Gasteiger partial charge in [0, 0.05) is 9.85 Å². The highest BCUT2D eigenvalue weighted by molar-refractivity contribution is 9.10. The Morgan fingerprint density at radius 3 is 2.75 bits per heavy atom. The van der Waals surface area contributed by atoms with Gasteiger partial charge >= 0.3 is 0 Å². The molecule has 0 saturated carbocycles. The van der Waals surface area contributed by atoms with Crippen molar-refractivity contribution in [2.45, 2.75) is 0 Å². The molecule has 0 bridgehead atoms. The molecule has 1 heterocycles. The highest BCUT2D eigenvalue weighted by Gasteiger charge is 2.13. The summed E-state index contributed by atoms with van der Waals surface area (Å²) in [6, 6.07) is 2.32. The molecule has 0 spiro atoms. The van der Waals surface area contributed by atoms with Crippen molar-refractivity contribution in [3.8, 4) is 10.9 Å². The van der Waals surface area contributed by atoms with Gasteiger partial charge in [-0.05, 0) is 12.1 Å². The Bertz CT molecular complexity index is 534. The van der Waals surface area contributed by atoms with Crippen molar-refractivity contribution in [3.63, 3.8) is 0 Å². The predicted octanol–water partition coefficient (Wildman–Crippen LogP) is 4.63. The van der Waals surface area contributed by atoms with Gasteiger partial charge in [-0.3, -0.25) is 0 Å². The van der Waals surface area contributed by atoms with Crippen LogP contribution in [-0.2, 0) is 0 Å². The van der Waals surface area contributed by atoms with Gasteiger partial charge in [0.15, 0.2) is 11.6 Å². The first-order valence-corrected chi connectivity index (χ1v) is 6.05. The Balaban J connectivity index is 2.34. The first-order chi connectivity index (χ1) is 7.56. The summed E-state index contributed by atoms with van der Waals surface area (Å²) in [5.74, 6) is -2.29. The Morgan fingerprint density at radius 2 is 2.12 bits per heavy atom. The molecular weight excluding hydrogens is 324 g/mol. The molecule has 0 aliphatic heterocycles. The second kappa shape index (κ2) is 4.65. The van der Waals surface area contributed by atoms with Crippen LogP contribution >= 0.6 is 38.9 Å². The third-order valence-electron chi connectivity index (χ3n) is 1.61. The van der Waals surface area contributed by atoms with Crippen LogP contribution in [0.4, 0.5) is 8.78 Å². The highest BCUT2D eigenvalue weighted by Crippen LogP contribution is 2.31. The van der Waals surface area contributed by atoms with Crippen LogP contribution in [-0.4, -0.2) is 4.98 Å². The SMILES string of the molecule is Fc1cc(Br)cc(Oc2nc(Cl)cs2)c1F. The van der Waals surface area contributed by atoms with Crippen molar-refractivity contribution in [1.82, 2.24) is 4.98 Å². The maximum absolute atomic E-state index is 13.3. The highest BCUT2D eigenvalue weighted by atomic mass is 79.9. The maximum atomic E-state index is 13.3. The van der Waals surface area contributed by atoms with E-state index in [1.165, 1.54) is 11.4 Å². The molecule has 0 atom stereocenters. The topological polar surface area (TPSA) is 22.1 Å². The maximum Gasteiger partial charge on any atom is 0.280 e. The third-order valence-corrected chi connectivity index (χ3v) is 3.11. The summed E-state index contributed by atoms with van der Waals surface area (Å²) in [6.45, 7) is 0. The first-order valence-electron chi connectivity index (χ1n) is 3.99. The summed E-state index contributed by atoms with van der Waals surface area (Å²) in [4.78, 5) is 3.76. The van der Waals surface area contributed by atoms with Crippen LogP contribution < -0.4 is 4.74 Å². The molecule has 0 aliphatic rings. The Hall–Kier alpha value is -0.720. The van der Waals surface area contributed by atoms with Crippen LogP contribution in [0, 0.1) is 11.6 Å². The van der Waals surface area contributed by atoms with Crippen molar-refractivity contribution >= 4 is 38.9 Å². The molecular formula is C9H3BrClF2NOS. The van der Waals surface area contributed by atoms with Crippen molar-refractivity contribution in [2.24, 2.45) is 0 Å². The quantitative estimate of drug-likeness (QED) is 0.751. The zero-order valence-corrected chi connectivity index (χ0v) is 10.7. The number of halogens is 4. The third kappa shape index (κ3) is 2.50. The van der Waals surface area contributed by atoms with Gasteiger partial charge in [0.05, 0.1) is 0 Å². The van der Waals surface area contributed by atoms with E-state index in [-0.39, 0.29) is 16.1 Å². The second-order valence-corrected chi connectivity index (χ2v) is 4.86. The van der Waals surface area contributed by atoms with Gasteiger partial charge in [0.2, 0.25) is 5.82 Å². The summed E-state index contributed by atoms with van der Waals surface area (Å²) < 4.78 is 31.8. The van der Waals surface area contributed by atoms with Gasteiger partial charge in [-0.1, -0.05) is 38.9 Å². The van der Waals surface area contributed by atoms with Crippen LogP contribution in [0.15, 0.2) is 22.0 Å². The molecule has 84 valence electrons. The van der Waals surface area contributed by atoms with Gasteiger partial charge < -0.3 is 4.74 Å². The fraction of sp³-hybridized carbons (Fsp3) is 0. The van der Waals surface area contributed by atoms with Crippen LogP contribution in [0.3, 0.4) is 0 Å². The van der Waals surface area contributed by atoms with Gasteiger partial charge in [-0.15, -0.1) is 0 Å². The normalized spacial score (nSPS) is 10.5. The molecule has 0 unspecified atom stereocenters. The monoisotopic (exact) mass is 325 g/mol. The molecule has 0 amide bonds. The molecule has 1 aromatic carbocycles. The zero-order chi connectivity index (χ0) is 11.7. The van der Waals surface area contributed by atoms with Crippen molar-refractivity contribution < 1.29 is 13.5 Å². The van der Waals surface area contributed by atoms with Crippen molar-refractivity contribution in [1.29, 1.82) is 0 Å². The molecule has 0 radical (unpaired) electrons. The number of hydrogen-bond donors (Lipinski definition) is 0. The Labute approximate surface area is 107 Å². The Kier molecular flexibility index (Phi) is 3.41. The second-order valence-electron chi connectivity index (χ2n) is 2.74. The average Bonchev–Trinajstić information content (AvgIpc) is 2.60. The van der Waals surface area contributed by atoms with E-state index >= 15 is 0 Å². The number of hydrogen-bond acceptors (Lipinski definition) is 3. The molecule has 16 heavy (non-hydrogen) atoms. The van der Waals surface area contributed by atoms with E-state index in [9.17, 15) is 8.78 Å². The minimum absolute atomic E-state index is 0.154. The van der Waals surface area contributed by atoms with Crippen molar-refractivity contribution in [2.75, 3.05) is 0 Å². The number of ether oxygens (including phenoxy) is 1. The fourth-order valence-corrected chi connectivity index (χ4v) is 2.20. The van der Waals surface area contributed by atoms with Crippen molar-refractivity contribution in [3.05, 3.63) is 38.8 Å². The molecule has 1 aromatic heterocycles. The van der Waals surface area contributed by atoms with Gasteiger partial charge in [-0.2, -0.15) is 9.37 Å². The summed E-state index contributed by atoms with van der Waals surface area (Å²) in [6.07, 6.45) is 0. The van der Waals surface area contributed by atoms with E-state index < -0.39 is 11.6 Å². The van der Waals surface area contributed by atoms with E-state index in [0.29, 0.717) is 4.47 Å². The zero-order valence-electron chi connectivity index (χ0n) is 7.51. The van der Waals surface area contributed by atoms with Gasteiger partial charge in [0.1, 0.15) is 5.15 Å². The molecule has 7 heteroatoms. The molecule has 2 nitrogen and oxygen atoms in total. The fourth-order valence-electron chi connectivity index (χ4n) is 0.987. The minimum atomic E-state index is -1.06. The molecule has 2 rings (SSSR count). The number of thiazole rings is 1. The summed E-state index contributed by atoms with van der Waals surface area (Å²) >= 11 is 9.70. The van der Waals surface area contributed by atoms with Crippen LogP contribution in [0.2, 0.25) is 5.15 Å². The average molecular weight is 327 g/mol. The summed E-state index contributed by atoms with van der Waals surface area (Å²) in [7, 11) is 0. The van der Waals surface area contributed by atoms with Crippen LogP contribution in [0.1, 0.15) is 0 Å². The standard InChI is InChI=1S/C9H3BrClF2NOS/c10-4-1-5(12)8(13)6(2-4)15-9-14-7(11)3-16-9/h1-3H. The lowest BCUT2D eigenvalue weighted by Gasteiger charge is -2.04. The summed E-state index contributed by atoms with van der Waals surface area (Å²) in [5.41, 5.74) is 0. The summed E-state index contributed by atoms with van der Waals surface area (Å²) in [5, 5.41) is 1.93. The lowest BCUT2D eigenvalue weighted by Crippen LogP contribution is -1.91. The minimum Gasteiger partial charge on any atom is -0.428 e. The number of benzene rings is 1. The largest absolute Gasteiger partial charge is 0.428 e. The number of aromatic nitrogens is 1. The number of rotatable bonds is 2. The van der Waals surface area contributed by atoms with E-state index in [4.69, 9.17) is 16.3 Å². The molecule has 2 aromatic rings. The lowest BCUT2D eigenvalue weighted by molar-refractivity contribution is 0.413. The van der Waals surface area contributed by atoms with E-state index in [0.717, 1.165) is 17.4 Å². The Morgan fingerprint density at radius 1 is 1.38 bits per heavy atom. The van der Waals surface area contributed by atoms with E-state index in [1.807, 2.05) is 0 Å². The number of nitrogens with zero attached hydrogens (tertiary/aromatic N) is 1.